The van der Waals surface area contributed by atoms with E-state index in [1.807, 2.05) is 62.4 Å². The minimum Gasteiger partial charge on any atom is -0.268 e. The normalized spacial score (nSPS) is 11.3. The highest BCUT2D eigenvalue weighted by Crippen LogP contribution is 2.33. The van der Waals surface area contributed by atoms with Crippen LogP contribution in [-0.4, -0.2) is 9.55 Å². The van der Waals surface area contributed by atoms with Crippen molar-refractivity contribution in [3.8, 4) is 5.69 Å². The Morgan fingerprint density at radius 1 is 1.04 bits per heavy atom. The fourth-order valence-electron chi connectivity index (χ4n) is 2.98. The van der Waals surface area contributed by atoms with E-state index < -0.39 is 0 Å². The maximum absolute atomic E-state index is 13.4. The number of hydrogen-bond acceptors (Lipinski definition) is 4. The van der Waals surface area contributed by atoms with Gasteiger partial charge in [0, 0.05) is 20.7 Å². The zero-order chi connectivity index (χ0) is 19.8. The molecule has 142 valence electrons. The first-order valence-corrected chi connectivity index (χ1v) is 11.2. The second-order valence-electron chi connectivity index (χ2n) is 6.32. The molecule has 0 spiro atoms. The number of thioether (sulfide) groups is 1. The summed E-state index contributed by atoms with van der Waals surface area (Å²) in [5.41, 5.74) is 2.57. The molecule has 3 nitrogen and oxygen atoms in total. The van der Waals surface area contributed by atoms with Crippen molar-refractivity contribution in [1.29, 1.82) is 0 Å². The Kier molecular flexibility index (Phi) is 5.52. The molecular formula is C21H16Cl2N2OS2. The van der Waals surface area contributed by atoms with E-state index in [9.17, 15) is 4.79 Å². The van der Waals surface area contributed by atoms with Crippen LogP contribution in [0.15, 0.2) is 58.5 Å². The SMILES string of the molecule is Cc1sc2nc(SCc3c(Cl)cccc3Cl)n(-c3ccccc3)c(=O)c2c1C. The lowest BCUT2D eigenvalue weighted by atomic mass is 10.2. The van der Waals surface area contributed by atoms with E-state index in [-0.39, 0.29) is 5.56 Å². The predicted octanol–water partition coefficient (Wildman–Crippen LogP) is 6.66. The molecule has 7 heteroatoms. The fraction of sp³-hybridized carbons (Fsp3) is 0.143. The van der Waals surface area contributed by atoms with E-state index in [0.717, 1.165) is 26.5 Å². The lowest BCUT2D eigenvalue weighted by Crippen LogP contribution is -2.21. The van der Waals surface area contributed by atoms with Crippen LogP contribution in [0.5, 0.6) is 0 Å². The minimum absolute atomic E-state index is 0.0502. The summed E-state index contributed by atoms with van der Waals surface area (Å²) >= 11 is 15.6. The molecule has 0 aliphatic rings. The first-order chi connectivity index (χ1) is 13.5. The smallest absolute Gasteiger partial charge is 0.267 e. The number of fused-ring (bicyclic) bond motifs is 1. The van der Waals surface area contributed by atoms with E-state index in [0.29, 0.717) is 26.3 Å². The van der Waals surface area contributed by atoms with E-state index in [2.05, 4.69) is 0 Å². The third-order valence-corrected chi connectivity index (χ3v) is 7.37. The van der Waals surface area contributed by atoms with Gasteiger partial charge in [0.1, 0.15) is 4.83 Å². The van der Waals surface area contributed by atoms with Crippen molar-refractivity contribution >= 4 is 56.5 Å². The largest absolute Gasteiger partial charge is 0.268 e. The van der Waals surface area contributed by atoms with Crippen LogP contribution in [0, 0.1) is 13.8 Å². The number of para-hydroxylation sites is 1. The Morgan fingerprint density at radius 2 is 1.71 bits per heavy atom. The summed E-state index contributed by atoms with van der Waals surface area (Å²) in [4.78, 5) is 20.1. The van der Waals surface area contributed by atoms with Gasteiger partial charge in [0.2, 0.25) is 0 Å². The molecule has 0 saturated heterocycles. The molecule has 4 aromatic rings. The minimum atomic E-state index is -0.0502. The molecule has 0 unspecified atom stereocenters. The molecule has 0 amide bonds. The first kappa shape index (κ1) is 19.5. The highest BCUT2D eigenvalue weighted by molar-refractivity contribution is 7.98. The van der Waals surface area contributed by atoms with Crippen molar-refractivity contribution in [2.24, 2.45) is 0 Å². The third-order valence-electron chi connectivity index (χ3n) is 4.59. The lowest BCUT2D eigenvalue weighted by molar-refractivity contribution is 0.822. The van der Waals surface area contributed by atoms with E-state index >= 15 is 0 Å². The van der Waals surface area contributed by atoms with Gasteiger partial charge in [0.25, 0.3) is 5.56 Å². The number of nitrogens with zero attached hydrogens (tertiary/aromatic N) is 2. The van der Waals surface area contributed by atoms with Gasteiger partial charge in [-0.2, -0.15) is 0 Å². The Labute approximate surface area is 181 Å². The monoisotopic (exact) mass is 446 g/mol. The summed E-state index contributed by atoms with van der Waals surface area (Å²) in [5, 5.41) is 2.53. The predicted molar refractivity (Wildman–Crippen MR) is 121 cm³/mol. The zero-order valence-electron chi connectivity index (χ0n) is 15.2. The molecule has 0 bridgehead atoms. The van der Waals surface area contributed by atoms with Crippen molar-refractivity contribution in [2.45, 2.75) is 24.8 Å². The number of halogens is 2. The molecule has 2 aromatic heterocycles. The fourth-order valence-corrected chi connectivity index (χ4v) is 5.81. The number of thiophene rings is 1. The van der Waals surface area contributed by atoms with E-state index in [4.69, 9.17) is 28.2 Å². The number of rotatable bonds is 4. The molecule has 0 saturated carbocycles. The van der Waals surface area contributed by atoms with Crippen molar-refractivity contribution in [3.05, 3.63) is 84.9 Å². The Bertz CT molecular complexity index is 1210. The maximum Gasteiger partial charge on any atom is 0.267 e. The van der Waals surface area contributed by atoms with Gasteiger partial charge < -0.3 is 0 Å². The van der Waals surface area contributed by atoms with Gasteiger partial charge in [-0.05, 0) is 49.2 Å². The van der Waals surface area contributed by atoms with Crippen LogP contribution in [0.1, 0.15) is 16.0 Å². The Morgan fingerprint density at radius 3 is 2.39 bits per heavy atom. The van der Waals surface area contributed by atoms with Crippen molar-refractivity contribution in [2.75, 3.05) is 0 Å². The van der Waals surface area contributed by atoms with Gasteiger partial charge in [-0.3, -0.25) is 9.36 Å². The molecule has 0 N–H and O–H groups in total. The van der Waals surface area contributed by atoms with Crippen molar-refractivity contribution in [1.82, 2.24) is 9.55 Å². The van der Waals surface area contributed by atoms with Crippen molar-refractivity contribution < 1.29 is 0 Å². The second kappa shape index (κ2) is 7.91. The lowest BCUT2D eigenvalue weighted by Gasteiger charge is -2.13. The molecule has 0 aliphatic carbocycles. The number of benzene rings is 2. The van der Waals surface area contributed by atoms with Crippen LogP contribution >= 0.6 is 46.3 Å². The summed E-state index contributed by atoms with van der Waals surface area (Å²) in [5.74, 6) is 0.520. The van der Waals surface area contributed by atoms with Crippen LogP contribution in [0.3, 0.4) is 0 Å². The van der Waals surface area contributed by atoms with Gasteiger partial charge in [-0.1, -0.05) is 59.2 Å². The molecule has 28 heavy (non-hydrogen) atoms. The summed E-state index contributed by atoms with van der Waals surface area (Å²) in [6.07, 6.45) is 0. The maximum atomic E-state index is 13.4. The second-order valence-corrected chi connectivity index (χ2v) is 9.28. The highest BCUT2D eigenvalue weighted by atomic mass is 35.5. The number of aryl methyl sites for hydroxylation is 2. The first-order valence-electron chi connectivity index (χ1n) is 8.61. The molecule has 2 aromatic carbocycles. The van der Waals surface area contributed by atoms with Crippen LogP contribution in [0.2, 0.25) is 10.0 Å². The zero-order valence-corrected chi connectivity index (χ0v) is 18.3. The molecule has 0 radical (unpaired) electrons. The van der Waals surface area contributed by atoms with Crippen LogP contribution in [-0.2, 0) is 5.75 Å². The summed E-state index contributed by atoms with van der Waals surface area (Å²) in [7, 11) is 0. The quantitative estimate of drug-likeness (QED) is 0.259. The Hall–Kier alpha value is -1.79. The van der Waals surface area contributed by atoms with Gasteiger partial charge in [0.15, 0.2) is 5.16 Å². The summed E-state index contributed by atoms with van der Waals surface area (Å²) in [6.45, 7) is 3.99. The third kappa shape index (κ3) is 3.48. The van der Waals surface area contributed by atoms with Gasteiger partial charge in [0.05, 0.1) is 11.1 Å². The molecule has 0 fully saturated rings. The highest BCUT2D eigenvalue weighted by Gasteiger charge is 2.18. The molecule has 4 rings (SSSR count). The summed E-state index contributed by atoms with van der Waals surface area (Å²) in [6, 6.07) is 15.0. The topological polar surface area (TPSA) is 34.9 Å². The molecule has 0 aliphatic heterocycles. The average Bonchev–Trinajstić information content (AvgIpc) is 2.96. The van der Waals surface area contributed by atoms with Gasteiger partial charge >= 0.3 is 0 Å². The Balaban J connectivity index is 1.88. The van der Waals surface area contributed by atoms with E-state index in [1.165, 1.54) is 11.8 Å². The molecular weight excluding hydrogens is 431 g/mol. The van der Waals surface area contributed by atoms with Crippen LogP contribution in [0.25, 0.3) is 15.9 Å². The average molecular weight is 447 g/mol. The number of hydrogen-bond donors (Lipinski definition) is 0. The van der Waals surface area contributed by atoms with E-state index in [1.54, 1.807) is 15.9 Å². The van der Waals surface area contributed by atoms with Crippen molar-refractivity contribution in [3.63, 3.8) is 0 Å². The standard InChI is InChI=1S/C21H16Cl2N2OS2/c1-12-13(2)28-19-18(12)20(26)25(14-7-4-3-5-8-14)21(24-19)27-11-15-16(22)9-6-10-17(15)23/h3-10H,11H2,1-2H3. The van der Waals surface area contributed by atoms with Crippen LogP contribution in [0.4, 0.5) is 0 Å². The molecule has 2 heterocycles. The van der Waals surface area contributed by atoms with Crippen LogP contribution < -0.4 is 5.56 Å². The summed E-state index contributed by atoms with van der Waals surface area (Å²) < 4.78 is 1.68. The van der Waals surface area contributed by atoms with Gasteiger partial charge in [-0.15, -0.1) is 11.3 Å². The molecule has 0 atom stereocenters. The van der Waals surface area contributed by atoms with Gasteiger partial charge in [-0.25, -0.2) is 4.98 Å². The number of aromatic nitrogens is 2.